The summed E-state index contributed by atoms with van der Waals surface area (Å²) in [6.07, 6.45) is 3.69. The molecule has 0 atom stereocenters. The summed E-state index contributed by atoms with van der Waals surface area (Å²) in [5, 5.41) is 4.34. The molecule has 1 aromatic rings. The third-order valence-electron chi connectivity index (χ3n) is 2.41. The molecule has 0 spiro atoms. The molecule has 1 aromatic carbocycles. The fraction of sp³-hybridized carbons (Fsp3) is 0.455. The van der Waals surface area contributed by atoms with E-state index in [1.54, 1.807) is 0 Å². The third kappa shape index (κ3) is 2.97. The molecular weight excluding hydrogens is 261 g/mol. The van der Waals surface area contributed by atoms with Crippen LogP contribution in [0.5, 0.6) is 0 Å². The summed E-state index contributed by atoms with van der Waals surface area (Å²) in [5.41, 5.74) is 1.22. The smallest absolute Gasteiger partial charge is 0.0439 e. The van der Waals surface area contributed by atoms with E-state index in [0.717, 1.165) is 28.5 Å². The number of nitrogens with one attached hydrogen (secondary N) is 1. The maximum absolute atomic E-state index is 6.08. The maximum Gasteiger partial charge on any atom is 0.0439 e. The van der Waals surface area contributed by atoms with Crippen molar-refractivity contribution in [3.8, 4) is 0 Å². The van der Waals surface area contributed by atoms with Crippen molar-refractivity contribution in [1.29, 1.82) is 0 Å². The quantitative estimate of drug-likeness (QED) is 0.887. The molecule has 1 nitrogen and oxygen atoms in total. The van der Waals surface area contributed by atoms with Gasteiger partial charge in [-0.1, -0.05) is 27.5 Å². The summed E-state index contributed by atoms with van der Waals surface area (Å²) in [7, 11) is 0. The molecule has 0 saturated heterocycles. The van der Waals surface area contributed by atoms with E-state index in [4.69, 9.17) is 11.6 Å². The van der Waals surface area contributed by atoms with Crippen LogP contribution < -0.4 is 5.32 Å². The number of hydrogen-bond acceptors (Lipinski definition) is 1. The van der Waals surface area contributed by atoms with Crippen LogP contribution in [0.15, 0.2) is 22.7 Å². The van der Waals surface area contributed by atoms with Gasteiger partial charge in [-0.25, -0.2) is 0 Å². The molecule has 1 fully saturated rings. The lowest BCUT2D eigenvalue weighted by atomic mass is 10.1. The molecule has 0 aromatic heterocycles. The van der Waals surface area contributed by atoms with Gasteiger partial charge in [0.25, 0.3) is 0 Å². The van der Waals surface area contributed by atoms with Crippen LogP contribution in [0.25, 0.3) is 0 Å². The summed E-state index contributed by atoms with van der Waals surface area (Å²) in [6, 6.07) is 6.79. The fourth-order valence-corrected chi connectivity index (χ4v) is 2.05. The SMILES string of the molecule is Clc1ccc(Br)cc1CCNC1CC1. The van der Waals surface area contributed by atoms with Crippen molar-refractivity contribution in [2.24, 2.45) is 0 Å². The molecule has 1 aliphatic carbocycles. The van der Waals surface area contributed by atoms with Crippen molar-refractivity contribution in [2.45, 2.75) is 25.3 Å². The molecule has 0 radical (unpaired) electrons. The van der Waals surface area contributed by atoms with Crippen LogP contribution in [-0.4, -0.2) is 12.6 Å². The van der Waals surface area contributed by atoms with Gasteiger partial charge in [0.15, 0.2) is 0 Å². The first-order chi connectivity index (χ1) is 6.75. The zero-order valence-electron chi connectivity index (χ0n) is 7.89. The van der Waals surface area contributed by atoms with Gasteiger partial charge in [-0.15, -0.1) is 0 Å². The van der Waals surface area contributed by atoms with Gasteiger partial charge in [0, 0.05) is 15.5 Å². The van der Waals surface area contributed by atoms with E-state index in [9.17, 15) is 0 Å². The second-order valence-electron chi connectivity index (χ2n) is 3.71. The third-order valence-corrected chi connectivity index (χ3v) is 3.27. The second-order valence-corrected chi connectivity index (χ2v) is 5.04. The van der Waals surface area contributed by atoms with Crippen LogP contribution in [0.3, 0.4) is 0 Å². The van der Waals surface area contributed by atoms with Crippen molar-refractivity contribution < 1.29 is 0 Å². The molecule has 1 saturated carbocycles. The Hall–Kier alpha value is -0.0500. The Morgan fingerprint density at radius 3 is 2.93 bits per heavy atom. The molecule has 14 heavy (non-hydrogen) atoms. The van der Waals surface area contributed by atoms with E-state index in [0.29, 0.717) is 0 Å². The second kappa shape index (κ2) is 4.65. The Morgan fingerprint density at radius 2 is 2.21 bits per heavy atom. The molecule has 0 bridgehead atoms. The molecule has 1 N–H and O–H groups in total. The van der Waals surface area contributed by atoms with Crippen LogP contribution >= 0.6 is 27.5 Å². The highest BCUT2D eigenvalue weighted by atomic mass is 79.9. The molecule has 0 unspecified atom stereocenters. The standard InChI is InChI=1S/C11H13BrClN/c12-9-1-4-11(13)8(7-9)5-6-14-10-2-3-10/h1,4,7,10,14H,2-3,5-6H2. The summed E-state index contributed by atoms with van der Waals surface area (Å²) in [6.45, 7) is 1.03. The lowest BCUT2D eigenvalue weighted by Gasteiger charge is -2.05. The van der Waals surface area contributed by atoms with Gasteiger partial charge in [-0.05, 0) is 49.6 Å². The highest BCUT2D eigenvalue weighted by Crippen LogP contribution is 2.22. The normalized spacial score (nSPS) is 15.9. The molecule has 0 amide bonds. The van der Waals surface area contributed by atoms with Gasteiger partial charge in [0.2, 0.25) is 0 Å². The van der Waals surface area contributed by atoms with Crippen molar-refractivity contribution >= 4 is 27.5 Å². The van der Waals surface area contributed by atoms with Gasteiger partial charge in [0.1, 0.15) is 0 Å². The van der Waals surface area contributed by atoms with Crippen molar-refractivity contribution in [1.82, 2.24) is 5.32 Å². The van der Waals surface area contributed by atoms with E-state index in [1.165, 1.54) is 18.4 Å². The molecule has 76 valence electrons. The van der Waals surface area contributed by atoms with Crippen molar-refractivity contribution in [2.75, 3.05) is 6.54 Å². The van der Waals surface area contributed by atoms with E-state index in [2.05, 4.69) is 27.3 Å². The van der Waals surface area contributed by atoms with E-state index < -0.39 is 0 Å². The Bertz CT molecular complexity index is 323. The van der Waals surface area contributed by atoms with Crippen LogP contribution in [0.2, 0.25) is 5.02 Å². The lowest BCUT2D eigenvalue weighted by Crippen LogP contribution is -2.19. The Kier molecular flexibility index (Phi) is 3.47. The minimum Gasteiger partial charge on any atom is -0.314 e. The molecular formula is C11H13BrClN. The van der Waals surface area contributed by atoms with Gasteiger partial charge in [-0.3, -0.25) is 0 Å². The number of halogens is 2. The monoisotopic (exact) mass is 273 g/mol. The Morgan fingerprint density at radius 1 is 1.43 bits per heavy atom. The maximum atomic E-state index is 6.08. The first kappa shape index (κ1) is 10.5. The summed E-state index contributed by atoms with van der Waals surface area (Å²) >= 11 is 9.53. The summed E-state index contributed by atoms with van der Waals surface area (Å²) in [5.74, 6) is 0. The first-order valence-corrected chi connectivity index (χ1v) is 6.10. The zero-order valence-corrected chi connectivity index (χ0v) is 10.2. The van der Waals surface area contributed by atoms with Gasteiger partial charge < -0.3 is 5.32 Å². The topological polar surface area (TPSA) is 12.0 Å². The highest BCUT2D eigenvalue weighted by Gasteiger charge is 2.19. The number of benzene rings is 1. The minimum absolute atomic E-state index is 0.779. The van der Waals surface area contributed by atoms with Crippen LogP contribution in [0, 0.1) is 0 Å². The largest absolute Gasteiger partial charge is 0.314 e. The molecule has 1 aliphatic rings. The molecule has 0 heterocycles. The summed E-state index contributed by atoms with van der Waals surface area (Å²) < 4.78 is 1.10. The van der Waals surface area contributed by atoms with Gasteiger partial charge in [0.05, 0.1) is 0 Å². The Balaban J connectivity index is 1.89. The lowest BCUT2D eigenvalue weighted by molar-refractivity contribution is 0.682. The van der Waals surface area contributed by atoms with Crippen LogP contribution in [0.1, 0.15) is 18.4 Å². The number of rotatable bonds is 4. The predicted molar refractivity (Wildman–Crippen MR) is 63.9 cm³/mol. The van der Waals surface area contributed by atoms with E-state index in [-0.39, 0.29) is 0 Å². The van der Waals surface area contributed by atoms with E-state index >= 15 is 0 Å². The first-order valence-electron chi connectivity index (χ1n) is 4.93. The minimum atomic E-state index is 0.779. The molecule has 0 aliphatic heterocycles. The zero-order chi connectivity index (χ0) is 9.97. The predicted octanol–water partition coefficient (Wildman–Crippen LogP) is 3.40. The molecule has 2 rings (SSSR count). The average molecular weight is 275 g/mol. The van der Waals surface area contributed by atoms with Crippen molar-refractivity contribution in [3.63, 3.8) is 0 Å². The van der Waals surface area contributed by atoms with Crippen molar-refractivity contribution in [3.05, 3.63) is 33.3 Å². The summed E-state index contributed by atoms with van der Waals surface area (Å²) in [4.78, 5) is 0. The van der Waals surface area contributed by atoms with Crippen LogP contribution in [0.4, 0.5) is 0 Å². The fourth-order valence-electron chi connectivity index (χ4n) is 1.43. The van der Waals surface area contributed by atoms with Gasteiger partial charge in [-0.2, -0.15) is 0 Å². The number of hydrogen-bond donors (Lipinski definition) is 1. The van der Waals surface area contributed by atoms with Crippen LogP contribution in [-0.2, 0) is 6.42 Å². The van der Waals surface area contributed by atoms with E-state index in [1.807, 2.05) is 12.1 Å². The van der Waals surface area contributed by atoms with Gasteiger partial charge >= 0.3 is 0 Å². The Labute approximate surface area is 98.0 Å². The average Bonchev–Trinajstić information content (AvgIpc) is 2.95. The molecule has 3 heteroatoms. The highest BCUT2D eigenvalue weighted by molar-refractivity contribution is 9.10.